The normalized spacial score (nSPS) is 19.1. The van der Waals surface area contributed by atoms with Crippen molar-refractivity contribution in [2.24, 2.45) is 0 Å². The van der Waals surface area contributed by atoms with E-state index in [1.165, 1.54) is 17.7 Å². The van der Waals surface area contributed by atoms with Gasteiger partial charge in [-0.05, 0) is 44.4 Å². The van der Waals surface area contributed by atoms with Crippen molar-refractivity contribution in [3.8, 4) is 0 Å². The Morgan fingerprint density at radius 1 is 0.872 bits per heavy atom. The first-order valence-corrected chi connectivity index (χ1v) is 14.2. The Hall–Kier alpha value is -3.56. The lowest BCUT2D eigenvalue weighted by Crippen LogP contribution is -2.51. The molecule has 0 amide bonds. The first-order valence-electron chi connectivity index (χ1n) is 13.3. The molecular weight excluding hydrogens is 683 g/mol. The minimum atomic E-state index is -5.08. The molecule has 2 aliphatic rings. The third-order valence-corrected chi connectivity index (χ3v) is 7.05. The predicted molar refractivity (Wildman–Crippen MR) is 145 cm³/mol. The van der Waals surface area contributed by atoms with Gasteiger partial charge in [0, 0.05) is 50.5 Å². The van der Waals surface area contributed by atoms with Gasteiger partial charge < -0.3 is 20.1 Å². The van der Waals surface area contributed by atoms with Crippen LogP contribution in [0.15, 0.2) is 29.9 Å². The monoisotopic (exact) mass is 714 g/mol. The molecule has 2 fully saturated rings. The Balaban J connectivity index is 0.000000430. The second kappa shape index (κ2) is 18.1. The van der Waals surface area contributed by atoms with Crippen LogP contribution in [0.5, 0.6) is 0 Å². The average Bonchev–Trinajstić information content (AvgIpc) is 3.26. The number of carboxylic acid groups (broad SMARTS) is 3. The third-order valence-electron chi connectivity index (χ3n) is 6.23. The molecule has 21 heteroatoms. The molecule has 11 nitrogen and oxygen atoms in total. The summed E-state index contributed by atoms with van der Waals surface area (Å²) in [7, 11) is 0. The topological polar surface area (TPSA) is 153 Å². The van der Waals surface area contributed by atoms with E-state index < -0.39 is 36.4 Å². The van der Waals surface area contributed by atoms with Crippen LogP contribution in [0.2, 0.25) is 0 Å². The first kappa shape index (κ1) is 41.5. The highest BCUT2D eigenvalue weighted by Crippen LogP contribution is 2.31. The van der Waals surface area contributed by atoms with Crippen molar-refractivity contribution < 1.29 is 74.0 Å². The molecule has 4 rings (SSSR count). The van der Waals surface area contributed by atoms with Crippen molar-refractivity contribution in [1.82, 2.24) is 19.8 Å². The van der Waals surface area contributed by atoms with Crippen molar-refractivity contribution in [3.05, 3.63) is 46.2 Å². The van der Waals surface area contributed by atoms with Gasteiger partial charge in [-0.15, -0.1) is 11.3 Å². The van der Waals surface area contributed by atoms with Gasteiger partial charge in [0.25, 0.3) is 0 Å². The van der Waals surface area contributed by atoms with Crippen LogP contribution in [0, 0.1) is 6.92 Å². The standard InChI is InChI=1S/C20H28N4OS.3C2HF3O2/c1-17-22-19(15-26-17)14-23-8-3-5-20(6-9-23)16-24(10-11-25-20)13-18-4-2-7-21-12-18;3*3-2(4,5)1(6)7/h2,4,7,12,15H,3,5-6,8-11,13-14,16H2,1H3;3*(H,6,7). The maximum atomic E-state index is 10.6. The molecule has 0 aliphatic carbocycles. The van der Waals surface area contributed by atoms with Crippen LogP contribution in [-0.2, 0) is 32.2 Å². The molecule has 2 aliphatic heterocycles. The molecule has 0 aromatic carbocycles. The second-order valence-corrected chi connectivity index (χ2v) is 11.1. The van der Waals surface area contributed by atoms with E-state index in [9.17, 15) is 39.5 Å². The summed E-state index contributed by atoms with van der Waals surface area (Å²) in [5.74, 6) is -8.27. The molecular formula is C26H31F9N4O7S. The maximum absolute atomic E-state index is 10.6. The highest BCUT2D eigenvalue weighted by atomic mass is 32.1. The molecule has 4 heterocycles. The number of likely N-dealkylation sites (tertiary alicyclic amines) is 1. The number of nitrogens with zero attached hydrogens (tertiary/aromatic N) is 4. The molecule has 1 unspecified atom stereocenters. The summed E-state index contributed by atoms with van der Waals surface area (Å²) in [6.07, 6.45) is -7.96. The smallest absolute Gasteiger partial charge is 0.475 e. The molecule has 3 N–H and O–H groups in total. The highest BCUT2D eigenvalue weighted by Gasteiger charge is 2.40. The van der Waals surface area contributed by atoms with Crippen molar-refractivity contribution in [3.63, 3.8) is 0 Å². The predicted octanol–water partition coefficient (Wildman–Crippen LogP) is 5.00. The Morgan fingerprint density at radius 2 is 1.43 bits per heavy atom. The molecule has 266 valence electrons. The minimum Gasteiger partial charge on any atom is -0.475 e. The Morgan fingerprint density at radius 3 is 1.87 bits per heavy atom. The van der Waals surface area contributed by atoms with Crippen molar-refractivity contribution in [2.45, 2.75) is 63.4 Å². The number of aromatic nitrogens is 2. The summed E-state index contributed by atoms with van der Waals surface area (Å²) < 4.78 is 102. The molecule has 2 aromatic rings. The first-order chi connectivity index (χ1) is 21.5. The zero-order valence-electron chi connectivity index (χ0n) is 24.5. The Labute approximate surface area is 265 Å². The van der Waals surface area contributed by atoms with E-state index >= 15 is 0 Å². The second-order valence-electron chi connectivity index (χ2n) is 10.00. The highest BCUT2D eigenvalue weighted by molar-refractivity contribution is 7.09. The molecule has 0 radical (unpaired) electrons. The van der Waals surface area contributed by atoms with Gasteiger partial charge >= 0.3 is 36.4 Å². The molecule has 0 bridgehead atoms. The third kappa shape index (κ3) is 16.7. The lowest BCUT2D eigenvalue weighted by Gasteiger charge is -2.42. The van der Waals surface area contributed by atoms with Crippen molar-refractivity contribution in [1.29, 1.82) is 0 Å². The number of carboxylic acids is 3. The van der Waals surface area contributed by atoms with E-state index in [2.05, 4.69) is 38.1 Å². The van der Waals surface area contributed by atoms with Gasteiger partial charge in [-0.2, -0.15) is 39.5 Å². The summed E-state index contributed by atoms with van der Waals surface area (Å²) in [6.45, 7) is 9.15. The summed E-state index contributed by atoms with van der Waals surface area (Å²) >= 11 is 1.75. The number of thiazole rings is 1. The van der Waals surface area contributed by atoms with Crippen LogP contribution in [-0.4, -0.2) is 110 Å². The summed E-state index contributed by atoms with van der Waals surface area (Å²) in [5.41, 5.74) is 2.53. The van der Waals surface area contributed by atoms with Gasteiger partial charge in [0.2, 0.25) is 0 Å². The zero-order chi connectivity index (χ0) is 36.1. The summed E-state index contributed by atoms with van der Waals surface area (Å²) in [4.78, 5) is 40.7. The van der Waals surface area contributed by atoms with Crippen LogP contribution >= 0.6 is 11.3 Å². The van der Waals surface area contributed by atoms with Crippen molar-refractivity contribution >= 4 is 29.2 Å². The maximum Gasteiger partial charge on any atom is 0.490 e. The fraction of sp³-hybridized carbons (Fsp3) is 0.577. The SMILES string of the molecule is Cc1nc(CN2CCCC3(CC2)CN(Cc2cccnc2)CCO3)cs1.O=C(O)C(F)(F)F.O=C(O)C(F)(F)F.O=C(O)C(F)(F)F. The Kier molecular flexibility index (Phi) is 16.0. The molecule has 2 saturated heterocycles. The van der Waals surface area contributed by atoms with Crippen LogP contribution in [0.3, 0.4) is 0 Å². The molecule has 1 atom stereocenters. The summed E-state index contributed by atoms with van der Waals surface area (Å²) in [6, 6.07) is 4.19. The van der Waals surface area contributed by atoms with E-state index in [4.69, 9.17) is 34.4 Å². The lowest BCUT2D eigenvalue weighted by molar-refractivity contribution is -0.193. The largest absolute Gasteiger partial charge is 0.490 e. The van der Waals surface area contributed by atoms with Gasteiger partial charge in [-0.25, -0.2) is 19.4 Å². The number of halogens is 9. The van der Waals surface area contributed by atoms with Gasteiger partial charge in [0.1, 0.15) is 0 Å². The number of hydrogen-bond acceptors (Lipinski definition) is 9. The van der Waals surface area contributed by atoms with E-state index in [0.29, 0.717) is 0 Å². The number of rotatable bonds is 4. The van der Waals surface area contributed by atoms with Crippen molar-refractivity contribution in [2.75, 3.05) is 32.8 Å². The van der Waals surface area contributed by atoms with Crippen LogP contribution in [0.1, 0.15) is 35.5 Å². The fourth-order valence-electron chi connectivity index (χ4n) is 4.20. The Bertz CT molecular complexity index is 1220. The number of hydrogen-bond donors (Lipinski definition) is 3. The molecule has 47 heavy (non-hydrogen) atoms. The van der Waals surface area contributed by atoms with Gasteiger partial charge in [-0.1, -0.05) is 6.07 Å². The lowest BCUT2D eigenvalue weighted by atomic mass is 9.92. The number of alkyl halides is 9. The number of carbonyl (C=O) groups is 3. The average molecular weight is 715 g/mol. The molecule has 0 saturated carbocycles. The van der Waals surface area contributed by atoms with Gasteiger partial charge in [0.05, 0.1) is 22.9 Å². The minimum absolute atomic E-state index is 0.0210. The summed E-state index contributed by atoms with van der Waals surface area (Å²) in [5, 5.41) is 24.7. The number of aryl methyl sites for hydroxylation is 1. The van der Waals surface area contributed by atoms with Crippen LogP contribution < -0.4 is 0 Å². The van der Waals surface area contributed by atoms with Crippen LogP contribution in [0.25, 0.3) is 0 Å². The van der Waals surface area contributed by atoms with E-state index in [1.807, 2.05) is 18.5 Å². The van der Waals surface area contributed by atoms with Gasteiger partial charge in [0.15, 0.2) is 0 Å². The van der Waals surface area contributed by atoms with E-state index in [1.54, 1.807) is 11.3 Å². The number of aliphatic carboxylic acids is 3. The zero-order valence-corrected chi connectivity index (χ0v) is 25.3. The fourth-order valence-corrected chi connectivity index (χ4v) is 4.81. The number of pyridine rings is 1. The van der Waals surface area contributed by atoms with E-state index in [-0.39, 0.29) is 5.60 Å². The number of morpholine rings is 1. The van der Waals surface area contributed by atoms with E-state index in [0.717, 1.165) is 63.7 Å². The van der Waals surface area contributed by atoms with Gasteiger partial charge in [-0.3, -0.25) is 14.8 Å². The number of ether oxygens (including phenoxy) is 1. The molecule has 1 spiro atoms. The quantitative estimate of drug-likeness (QED) is 0.367. The molecule has 2 aromatic heterocycles. The van der Waals surface area contributed by atoms with Crippen LogP contribution in [0.4, 0.5) is 39.5 Å².